The summed E-state index contributed by atoms with van der Waals surface area (Å²) in [6, 6.07) is 4.05. The van der Waals surface area contributed by atoms with E-state index in [0.29, 0.717) is 6.61 Å². The molecule has 1 aromatic heterocycles. The lowest BCUT2D eigenvalue weighted by molar-refractivity contribution is 0.174. The minimum atomic E-state index is -0.326. The predicted octanol–water partition coefficient (Wildman–Crippen LogP) is 2.65. The van der Waals surface area contributed by atoms with Crippen molar-refractivity contribution in [3.63, 3.8) is 0 Å². The topological polar surface area (TPSA) is 38.3 Å². The first-order valence-electron chi connectivity index (χ1n) is 4.92. The van der Waals surface area contributed by atoms with Crippen LogP contribution in [0.3, 0.4) is 0 Å². The first-order valence-corrected chi connectivity index (χ1v) is 5.80. The normalized spacial score (nSPS) is 25.5. The van der Waals surface area contributed by atoms with Gasteiger partial charge < -0.3 is 10.1 Å². The van der Waals surface area contributed by atoms with E-state index in [4.69, 9.17) is 4.74 Å². The highest BCUT2D eigenvalue weighted by atomic mass is 32.1. The zero-order chi connectivity index (χ0) is 10.7. The minimum absolute atomic E-state index is 0.318. The Morgan fingerprint density at radius 2 is 2.60 bits per heavy atom. The summed E-state index contributed by atoms with van der Waals surface area (Å²) in [5, 5.41) is 4.87. The Bertz CT molecular complexity index is 372. The highest BCUT2D eigenvalue weighted by Crippen LogP contribution is 2.21. The van der Waals surface area contributed by atoms with Gasteiger partial charge in [0, 0.05) is 4.88 Å². The van der Waals surface area contributed by atoms with E-state index < -0.39 is 0 Å². The molecule has 0 unspecified atom stereocenters. The minimum Gasteiger partial charge on any atom is -0.447 e. The maximum Gasteiger partial charge on any atom is 0.408 e. The van der Waals surface area contributed by atoms with Crippen molar-refractivity contribution in [3.8, 4) is 0 Å². The summed E-state index contributed by atoms with van der Waals surface area (Å²) in [6.07, 6.45) is 4.56. The van der Waals surface area contributed by atoms with E-state index in [2.05, 4.69) is 5.32 Å². The Labute approximate surface area is 92.8 Å². The molecule has 0 bridgehead atoms. The molecule has 2 heterocycles. The van der Waals surface area contributed by atoms with Crippen LogP contribution < -0.4 is 5.32 Å². The molecule has 15 heavy (non-hydrogen) atoms. The van der Waals surface area contributed by atoms with Crippen molar-refractivity contribution in [2.45, 2.75) is 18.9 Å². The summed E-state index contributed by atoms with van der Waals surface area (Å²) in [5.41, 5.74) is -0.318. The molecule has 0 aliphatic carbocycles. The van der Waals surface area contributed by atoms with Gasteiger partial charge in [-0.15, -0.1) is 11.3 Å². The van der Waals surface area contributed by atoms with E-state index in [-0.39, 0.29) is 11.6 Å². The maximum absolute atomic E-state index is 11.0. The summed E-state index contributed by atoms with van der Waals surface area (Å²) >= 11 is 1.68. The summed E-state index contributed by atoms with van der Waals surface area (Å²) in [6.45, 7) is 2.46. The van der Waals surface area contributed by atoms with Gasteiger partial charge in [0.15, 0.2) is 0 Å². The molecule has 0 radical (unpaired) electrons. The fraction of sp³-hybridized carbons (Fsp3) is 0.364. The molecule has 0 aromatic carbocycles. The molecule has 1 amide bonds. The van der Waals surface area contributed by atoms with Crippen molar-refractivity contribution in [2.24, 2.45) is 0 Å². The van der Waals surface area contributed by atoms with E-state index in [1.54, 1.807) is 11.3 Å². The second-order valence-electron chi connectivity index (χ2n) is 3.56. The molecule has 2 rings (SSSR count). The van der Waals surface area contributed by atoms with Gasteiger partial charge in [0.25, 0.3) is 0 Å². The van der Waals surface area contributed by atoms with Gasteiger partial charge in [0.1, 0.15) is 6.61 Å². The third-order valence-corrected chi connectivity index (χ3v) is 3.39. The third kappa shape index (κ3) is 2.21. The number of thiophene rings is 1. The first-order chi connectivity index (χ1) is 7.24. The van der Waals surface area contributed by atoms with E-state index in [9.17, 15) is 4.79 Å². The molecule has 80 valence electrons. The summed E-state index contributed by atoms with van der Waals surface area (Å²) in [5.74, 6) is 0. The smallest absolute Gasteiger partial charge is 0.408 e. The highest BCUT2D eigenvalue weighted by molar-refractivity contribution is 7.10. The number of carbonyl (C=O) groups excluding carboxylic acids is 1. The van der Waals surface area contributed by atoms with Crippen molar-refractivity contribution in [2.75, 3.05) is 6.61 Å². The molecule has 0 saturated carbocycles. The zero-order valence-electron chi connectivity index (χ0n) is 8.53. The van der Waals surface area contributed by atoms with Crippen LogP contribution in [0.2, 0.25) is 0 Å². The molecule has 0 spiro atoms. The lowest BCUT2D eigenvalue weighted by Crippen LogP contribution is -2.40. The van der Waals surface area contributed by atoms with Crippen LogP contribution in [-0.4, -0.2) is 18.2 Å². The molecule has 4 heteroatoms. The SMILES string of the molecule is CC[C@@]1(C=Cc2cccs2)COC(=O)N1. The lowest BCUT2D eigenvalue weighted by atomic mass is 9.97. The van der Waals surface area contributed by atoms with E-state index >= 15 is 0 Å². The van der Waals surface area contributed by atoms with Crippen molar-refractivity contribution < 1.29 is 9.53 Å². The quantitative estimate of drug-likeness (QED) is 0.855. The summed E-state index contributed by atoms with van der Waals surface area (Å²) < 4.78 is 4.93. The van der Waals surface area contributed by atoms with Crippen LogP contribution in [0.25, 0.3) is 6.08 Å². The predicted molar refractivity (Wildman–Crippen MR) is 60.9 cm³/mol. The van der Waals surface area contributed by atoms with Crippen molar-refractivity contribution >= 4 is 23.5 Å². The van der Waals surface area contributed by atoms with Gasteiger partial charge in [-0.05, 0) is 23.9 Å². The molecule has 1 aromatic rings. The number of carbonyl (C=O) groups is 1. The fourth-order valence-electron chi connectivity index (χ4n) is 1.50. The Hall–Kier alpha value is -1.29. The maximum atomic E-state index is 11.0. The Morgan fingerprint density at radius 3 is 3.13 bits per heavy atom. The molecule has 3 nitrogen and oxygen atoms in total. The van der Waals surface area contributed by atoms with Gasteiger partial charge >= 0.3 is 6.09 Å². The van der Waals surface area contributed by atoms with Crippen LogP contribution in [0.4, 0.5) is 4.79 Å². The van der Waals surface area contributed by atoms with Crippen LogP contribution in [-0.2, 0) is 4.74 Å². The second-order valence-corrected chi connectivity index (χ2v) is 4.54. The molecular formula is C11H13NO2S. The molecule has 1 saturated heterocycles. The van der Waals surface area contributed by atoms with Crippen LogP contribution >= 0.6 is 11.3 Å². The molecule has 1 atom stereocenters. The largest absolute Gasteiger partial charge is 0.447 e. The van der Waals surface area contributed by atoms with Gasteiger partial charge in [-0.25, -0.2) is 4.79 Å². The van der Waals surface area contributed by atoms with E-state index in [0.717, 1.165) is 6.42 Å². The van der Waals surface area contributed by atoms with Crippen LogP contribution in [0, 0.1) is 0 Å². The molecule has 1 fully saturated rings. The highest BCUT2D eigenvalue weighted by Gasteiger charge is 2.35. The first kappa shape index (κ1) is 10.2. The van der Waals surface area contributed by atoms with Gasteiger partial charge in [-0.3, -0.25) is 0 Å². The fourth-order valence-corrected chi connectivity index (χ4v) is 2.11. The third-order valence-electron chi connectivity index (χ3n) is 2.55. The molecular weight excluding hydrogens is 210 g/mol. The standard InChI is InChI=1S/C11H13NO2S/c1-2-11(8-14-10(13)12-11)6-5-9-4-3-7-15-9/h3-7H,2,8H2,1H3,(H,12,13)/t11-/m1/s1. The summed E-state index contributed by atoms with van der Waals surface area (Å²) in [7, 11) is 0. The van der Waals surface area contributed by atoms with Crippen molar-refractivity contribution in [1.29, 1.82) is 0 Å². The van der Waals surface area contributed by atoms with Gasteiger partial charge in [-0.2, -0.15) is 0 Å². The van der Waals surface area contributed by atoms with Crippen LogP contribution in [0.15, 0.2) is 23.6 Å². The number of alkyl carbamates (subject to hydrolysis) is 1. The monoisotopic (exact) mass is 223 g/mol. The number of rotatable bonds is 3. The lowest BCUT2D eigenvalue weighted by Gasteiger charge is -2.19. The van der Waals surface area contributed by atoms with Gasteiger partial charge in [0.05, 0.1) is 5.54 Å². The van der Waals surface area contributed by atoms with Crippen LogP contribution in [0.5, 0.6) is 0 Å². The second kappa shape index (κ2) is 4.06. The number of hydrogen-bond acceptors (Lipinski definition) is 3. The average Bonchev–Trinajstić information content (AvgIpc) is 2.85. The Balaban J connectivity index is 2.12. The van der Waals surface area contributed by atoms with E-state index in [1.807, 2.05) is 36.6 Å². The number of ether oxygens (including phenoxy) is 1. The Morgan fingerprint density at radius 1 is 1.73 bits per heavy atom. The molecule has 1 aliphatic heterocycles. The van der Waals surface area contributed by atoms with Crippen molar-refractivity contribution in [3.05, 3.63) is 28.5 Å². The van der Waals surface area contributed by atoms with Gasteiger partial charge in [0.2, 0.25) is 0 Å². The van der Waals surface area contributed by atoms with Crippen molar-refractivity contribution in [1.82, 2.24) is 5.32 Å². The molecule has 1 N–H and O–H groups in total. The number of nitrogens with one attached hydrogen (secondary N) is 1. The Kier molecular flexibility index (Phi) is 2.77. The average molecular weight is 223 g/mol. The van der Waals surface area contributed by atoms with E-state index in [1.165, 1.54) is 4.88 Å². The van der Waals surface area contributed by atoms with Gasteiger partial charge in [-0.1, -0.05) is 19.1 Å². The van der Waals surface area contributed by atoms with Crippen LogP contribution in [0.1, 0.15) is 18.2 Å². The number of amides is 1. The number of hydrogen-bond donors (Lipinski definition) is 1. The zero-order valence-corrected chi connectivity index (χ0v) is 9.34. The molecule has 1 aliphatic rings. The summed E-state index contributed by atoms with van der Waals surface area (Å²) in [4.78, 5) is 12.2. The number of cyclic esters (lactones) is 1.